The van der Waals surface area contributed by atoms with Gasteiger partial charge in [0.05, 0.1) is 12.2 Å². The minimum Gasteiger partial charge on any atom is -0.493 e. The van der Waals surface area contributed by atoms with E-state index in [9.17, 15) is 4.79 Å². The van der Waals surface area contributed by atoms with Crippen molar-refractivity contribution >= 4 is 17.3 Å². The van der Waals surface area contributed by atoms with Crippen molar-refractivity contribution in [2.45, 2.75) is 26.7 Å². The summed E-state index contributed by atoms with van der Waals surface area (Å²) in [6.45, 7) is 4.63. The topological polar surface area (TPSA) is 64.3 Å². The number of nitrogens with two attached hydrogens (primary N) is 1. The van der Waals surface area contributed by atoms with Gasteiger partial charge in [-0.25, -0.2) is 0 Å². The molecule has 0 radical (unpaired) electrons. The molecule has 0 aliphatic carbocycles. The van der Waals surface area contributed by atoms with Crippen LogP contribution in [0, 0.1) is 6.92 Å². The van der Waals surface area contributed by atoms with Gasteiger partial charge in [0.1, 0.15) is 5.75 Å². The lowest BCUT2D eigenvalue weighted by Gasteiger charge is -2.13. The number of para-hydroxylation sites is 1. The third-order valence-electron chi connectivity index (χ3n) is 3.39. The van der Waals surface area contributed by atoms with Gasteiger partial charge in [0.15, 0.2) is 0 Å². The summed E-state index contributed by atoms with van der Waals surface area (Å²) in [6, 6.07) is 12.7. The number of hydrogen-bond donors (Lipinski definition) is 2. The molecule has 0 aromatic heterocycles. The molecule has 0 heterocycles. The van der Waals surface area contributed by atoms with E-state index in [1.54, 1.807) is 12.1 Å². The van der Waals surface area contributed by atoms with Gasteiger partial charge in [0.25, 0.3) is 5.91 Å². The normalized spacial score (nSPS) is 10.3. The van der Waals surface area contributed by atoms with Gasteiger partial charge in [-0.1, -0.05) is 25.5 Å². The van der Waals surface area contributed by atoms with Crippen LogP contribution < -0.4 is 15.8 Å². The van der Waals surface area contributed by atoms with Gasteiger partial charge in [0, 0.05) is 11.4 Å². The van der Waals surface area contributed by atoms with Gasteiger partial charge in [-0.15, -0.1) is 0 Å². The highest BCUT2D eigenvalue weighted by molar-refractivity contribution is 6.06. The molecule has 1 amide bonds. The fourth-order valence-electron chi connectivity index (χ4n) is 2.12. The van der Waals surface area contributed by atoms with E-state index >= 15 is 0 Å². The zero-order valence-corrected chi connectivity index (χ0v) is 13.1. The molecule has 0 aliphatic rings. The van der Waals surface area contributed by atoms with Crippen LogP contribution in [0.25, 0.3) is 0 Å². The number of nitrogen functional groups attached to an aromatic ring is 1. The number of aryl methyl sites for hydroxylation is 1. The summed E-state index contributed by atoms with van der Waals surface area (Å²) in [4.78, 5) is 12.5. The van der Waals surface area contributed by atoms with Crippen molar-refractivity contribution in [3.8, 4) is 5.75 Å². The quantitative estimate of drug-likeness (QED) is 0.625. The summed E-state index contributed by atoms with van der Waals surface area (Å²) in [7, 11) is 0. The lowest BCUT2D eigenvalue weighted by atomic mass is 10.1. The summed E-state index contributed by atoms with van der Waals surface area (Å²) in [5, 5.41) is 2.91. The number of unbranched alkanes of at least 4 members (excludes halogenated alkanes) is 1. The van der Waals surface area contributed by atoms with E-state index in [4.69, 9.17) is 10.5 Å². The molecule has 0 spiro atoms. The monoisotopic (exact) mass is 298 g/mol. The van der Waals surface area contributed by atoms with Crippen LogP contribution in [0.3, 0.4) is 0 Å². The molecule has 2 aromatic rings. The molecule has 0 fully saturated rings. The van der Waals surface area contributed by atoms with Crippen LogP contribution >= 0.6 is 0 Å². The summed E-state index contributed by atoms with van der Waals surface area (Å²) in [5.41, 5.74) is 8.63. The van der Waals surface area contributed by atoms with Crippen LogP contribution in [0.5, 0.6) is 5.75 Å². The summed E-state index contributed by atoms with van der Waals surface area (Å²) in [6.07, 6.45) is 2.02. The second-order valence-corrected chi connectivity index (χ2v) is 5.23. The Hall–Kier alpha value is -2.49. The molecule has 4 heteroatoms. The van der Waals surface area contributed by atoms with Crippen molar-refractivity contribution in [1.82, 2.24) is 0 Å². The molecule has 0 aliphatic heterocycles. The third-order valence-corrected chi connectivity index (χ3v) is 3.39. The average molecular weight is 298 g/mol. The Morgan fingerprint density at radius 2 is 2.00 bits per heavy atom. The van der Waals surface area contributed by atoms with E-state index in [0.717, 1.165) is 24.1 Å². The average Bonchev–Trinajstić information content (AvgIpc) is 2.51. The number of rotatable bonds is 6. The molecule has 2 aromatic carbocycles. The van der Waals surface area contributed by atoms with Crippen LogP contribution in [0.4, 0.5) is 11.4 Å². The first kappa shape index (κ1) is 15.9. The van der Waals surface area contributed by atoms with E-state index < -0.39 is 0 Å². The number of benzene rings is 2. The first-order valence-electron chi connectivity index (χ1n) is 7.51. The van der Waals surface area contributed by atoms with Gasteiger partial charge in [-0.2, -0.15) is 0 Å². The molecule has 4 nitrogen and oxygen atoms in total. The Labute approximate surface area is 131 Å². The number of carbonyl (C=O) groups excluding carboxylic acids is 1. The lowest BCUT2D eigenvalue weighted by molar-refractivity contribution is 0.102. The van der Waals surface area contributed by atoms with Crippen molar-refractivity contribution in [1.29, 1.82) is 0 Å². The Morgan fingerprint density at radius 3 is 2.73 bits per heavy atom. The highest BCUT2D eigenvalue weighted by atomic mass is 16.5. The number of amides is 1. The van der Waals surface area contributed by atoms with Crippen molar-refractivity contribution in [3.63, 3.8) is 0 Å². The van der Waals surface area contributed by atoms with Crippen LogP contribution in [-0.4, -0.2) is 12.5 Å². The molecular formula is C18H22N2O2. The van der Waals surface area contributed by atoms with Gasteiger partial charge < -0.3 is 15.8 Å². The molecule has 0 unspecified atom stereocenters. The molecule has 0 saturated heterocycles. The number of nitrogens with one attached hydrogen (secondary N) is 1. The largest absolute Gasteiger partial charge is 0.493 e. The van der Waals surface area contributed by atoms with Crippen molar-refractivity contribution < 1.29 is 9.53 Å². The van der Waals surface area contributed by atoms with Gasteiger partial charge in [0.2, 0.25) is 0 Å². The zero-order chi connectivity index (χ0) is 15.9. The van der Waals surface area contributed by atoms with Gasteiger partial charge in [-0.05, 0) is 49.2 Å². The van der Waals surface area contributed by atoms with Gasteiger partial charge in [-0.3, -0.25) is 4.79 Å². The maximum Gasteiger partial charge on any atom is 0.259 e. The standard InChI is InChI=1S/C18H22N2O2/c1-3-4-11-22-17-8-6-5-7-15(17)18(21)20-16-10-9-14(19)12-13(16)2/h5-10,12H,3-4,11,19H2,1-2H3,(H,20,21). The maximum atomic E-state index is 12.5. The molecule has 0 saturated carbocycles. The van der Waals surface area contributed by atoms with Crippen molar-refractivity contribution in [2.75, 3.05) is 17.7 Å². The van der Waals surface area contributed by atoms with E-state index in [-0.39, 0.29) is 5.91 Å². The number of carbonyl (C=O) groups is 1. The molecule has 3 N–H and O–H groups in total. The Bertz CT molecular complexity index is 653. The molecule has 0 atom stereocenters. The predicted molar refractivity (Wildman–Crippen MR) is 90.4 cm³/mol. The van der Waals surface area contributed by atoms with Crippen molar-refractivity contribution in [3.05, 3.63) is 53.6 Å². The second kappa shape index (κ2) is 7.50. The molecule has 116 valence electrons. The van der Waals surface area contributed by atoms with Gasteiger partial charge >= 0.3 is 0 Å². The highest BCUT2D eigenvalue weighted by Crippen LogP contribution is 2.22. The second-order valence-electron chi connectivity index (χ2n) is 5.23. The fourth-order valence-corrected chi connectivity index (χ4v) is 2.12. The SMILES string of the molecule is CCCCOc1ccccc1C(=O)Nc1ccc(N)cc1C. The maximum absolute atomic E-state index is 12.5. The summed E-state index contributed by atoms with van der Waals surface area (Å²) < 4.78 is 5.70. The van der Waals surface area contributed by atoms with E-state index in [2.05, 4.69) is 12.2 Å². The third kappa shape index (κ3) is 4.01. The van der Waals surface area contributed by atoms with Crippen molar-refractivity contribution in [2.24, 2.45) is 0 Å². The summed E-state index contributed by atoms with van der Waals surface area (Å²) >= 11 is 0. The number of anilines is 2. The number of hydrogen-bond acceptors (Lipinski definition) is 3. The molecule has 2 rings (SSSR count). The summed E-state index contributed by atoms with van der Waals surface area (Å²) in [5.74, 6) is 0.432. The van der Waals surface area contributed by atoms with Crippen LogP contribution in [-0.2, 0) is 0 Å². The smallest absolute Gasteiger partial charge is 0.259 e. The Balaban J connectivity index is 2.15. The fraction of sp³-hybridized carbons (Fsp3) is 0.278. The van der Waals surface area contributed by atoms with E-state index in [1.807, 2.05) is 37.3 Å². The Kier molecular flexibility index (Phi) is 5.42. The van der Waals surface area contributed by atoms with Crippen LogP contribution in [0.15, 0.2) is 42.5 Å². The molecular weight excluding hydrogens is 276 g/mol. The molecule has 0 bridgehead atoms. The van der Waals surface area contributed by atoms with E-state index in [0.29, 0.717) is 23.6 Å². The number of ether oxygens (including phenoxy) is 1. The van der Waals surface area contributed by atoms with Crippen LogP contribution in [0.1, 0.15) is 35.7 Å². The van der Waals surface area contributed by atoms with Crippen LogP contribution in [0.2, 0.25) is 0 Å². The first-order valence-corrected chi connectivity index (χ1v) is 7.51. The predicted octanol–water partition coefficient (Wildman–Crippen LogP) is 4.01. The van der Waals surface area contributed by atoms with E-state index in [1.165, 1.54) is 0 Å². The molecule has 22 heavy (non-hydrogen) atoms. The zero-order valence-electron chi connectivity index (χ0n) is 13.1. The minimum absolute atomic E-state index is 0.181. The first-order chi connectivity index (χ1) is 10.6. The highest BCUT2D eigenvalue weighted by Gasteiger charge is 2.13. The Morgan fingerprint density at radius 1 is 1.23 bits per heavy atom. The minimum atomic E-state index is -0.181. The lowest BCUT2D eigenvalue weighted by Crippen LogP contribution is -2.14.